The Morgan fingerprint density at radius 1 is 1.25 bits per heavy atom. The standard InChI is InChI=1S/C12H16BrN.C2H6/c1-8-4-10(13)5-9-6-12(2,3)7-14-11(8)9;1-2/h4-5,14H,6-7H2,1-3H3;1-2H3. The summed E-state index contributed by atoms with van der Waals surface area (Å²) < 4.78 is 1.19. The average Bonchev–Trinajstić information content (AvgIpc) is 2.18. The number of rotatable bonds is 0. The van der Waals surface area contributed by atoms with Crippen molar-refractivity contribution in [2.24, 2.45) is 5.41 Å². The molecule has 1 aromatic carbocycles. The molecule has 0 amide bonds. The summed E-state index contributed by atoms with van der Waals surface area (Å²) in [5.41, 5.74) is 4.49. The minimum atomic E-state index is 0.375. The predicted molar refractivity (Wildman–Crippen MR) is 76.2 cm³/mol. The molecule has 1 heterocycles. The molecule has 1 N–H and O–H groups in total. The zero-order chi connectivity index (χ0) is 12.3. The van der Waals surface area contributed by atoms with Crippen molar-refractivity contribution in [2.45, 2.75) is 41.0 Å². The number of halogens is 1. The van der Waals surface area contributed by atoms with Crippen molar-refractivity contribution in [2.75, 3.05) is 11.9 Å². The summed E-state index contributed by atoms with van der Waals surface area (Å²) in [6, 6.07) is 4.40. The van der Waals surface area contributed by atoms with Gasteiger partial charge in [-0.2, -0.15) is 0 Å². The smallest absolute Gasteiger partial charge is 0.0403 e. The zero-order valence-corrected chi connectivity index (χ0v) is 12.5. The average molecular weight is 284 g/mol. The van der Waals surface area contributed by atoms with Crippen molar-refractivity contribution in [3.63, 3.8) is 0 Å². The molecule has 16 heavy (non-hydrogen) atoms. The lowest BCUT2D eigenvalue weighted by Crippen LogP contribution is -2.31. The van der Waals surface area contributed by atoms with E-state index in [-0.39, 0.29) is 0 Å². The lowest BCUT2D eigenvalue weighted by Gasteiger charge is -2.33. The number of hydrogen-bond donors (Lipinski definition) is 1. The Balaban J connectivity index is 0.000000606. The first-order valence-corrected chi connectivity index (χ1v) is 6.80. The van der Waals surface area contributed by atoms with E-state index in [9.17, 15) is 0 Å². The summed E-state index contributed by atoms with van der Waals surface area (Å²) in [6.45, 7) is 11.8. The number of fused-ring (bicyclic) bond motifs is 1. The third-order valence-corrected chi connectivity index (χ3v) is 3.25. The summed E-state index contributed by atoms with van der Waals surface area (Å²) in [5.74, 6) is 0. The molecular formula is C14H22BrN. The number of benzene rings is 1. The van der Waals surface area contributed by atoms with Gasteiger partial charge in [0.1, 0.15) is 0 Å². The number of anilines is 1. The van der Waals surface area contributed by atoms with E-state index >= 15 is 0 Å². The van der Waals surface area contributed by atoms with E-state index < -0.39 is 0 Å². The van der Waals surface area contributed by atoms with Crippen LogP contribution in [-0.4, -0.2) is 6.54 Å². The molecular weight excluding hydrogens is 262 g/mol. The van der Waals surface area contributed by atoms with Gasteiger partial charge in [0, 0.05) is 16.7 Å². The molecule has 0 spiro atoms. The Labute approximate surface area is 108 Å². The molecule has 0 atom stereocenters. The fourth-order valence-corrected chi connectivity index (χ4v) is 2.73. The van der Waals surface area contributed by atoms with Crippen molar-refractivity contribution in [1.82, 2.24) is 0 Å². The summed E-state index contributed by atoms with van der Waals surface area (Å²) in [6.07, 6.45) is 1.16. The highest BCUT2D eigenvalue weighted by atomic mass is 79.9. The summed E-state index contributed by atoms with van der Waals surface area (Å²) in [7, 11) is 0. The predicted octanol–water partition coefficient (Wildman–Crippen LogP) is 4.78. The van der Waals surface area contributed by atoms with Crippen molar-refractivity contribution >= 4 is 21.6 Å². The van der Waals surface area contributed by atoms with Gasteiger partial charge in [0.2, 0.25) is 0 Å². The minimum Gasteiger partial charge on any atom is -0.384 e. The first kappa shape index (κ1) is 13.6. The van der Waals surface area contributed by atoms with Crippen LogP contribution in [0.4, 0.5) is 5.69 Å². The van der Waals surface area contributed by atoms with Crippen molar-refractivity contribution < 1.29 is 0 Å². The molecule has 0 bridgehead atoms. The largest absolute Gasteiger partial charge is 0.384 e. The van der Waals surface area contributed by atoms with E-state index in [0.717, 1.165) is 13.0 Å². The fourth-order valence-electron chi connectivity index (χ4n) is 2.11. The quantitative estimate of drug-likeness (QED) is 0.723. The van der Waals surface area contributed by atoms with Crippen molar-refractivity contribution in [1.29, 1.82) is 0 Å². The molecule has 1 nitrogen and oxygen atoms in total. The van der Waals surface area contributed by atoms with Crippen molar-refractivity contribution in [3.05, 3.63) is 27.7 Å². The van der Waals surface area contributed by atoms with E-state index in [4.69, 9.17) is 0 Å². The first-order valence-electron chi connectivity index (χ1n) is 6.01. The van der Waals surface area contributed by atoms with Crippen LogP contribution in [-0.2, 0) is 6.42 Å². The van der Waals surface area contributed by atoms with Gasteiger partial charge in [-0.3, -0.25) is 0 Å². The Hall–Kier alpha value is -0.500. The van der Waals surface area contributed by atoms with E-state index in [1.165, 1.54) is 21.3 Å². The lowest BCUT2D eigenvalue weighted by atomic mass is 9.81. The maximum absolute atomic E-state index is 3.55. The molecule has 0 radical (unpaired) electrons. The Morgan fingerprint density at radius 3 is 2.50 bits per heavy atom. The van der Waals surface area contributed by atoms with Crippen LogP contribution < -0.4 is 5.32 Å². The topological polar surface area (TPSA) is 12.0 Å². The van der Waals surface area contributed by atoms with E-state index in [0.29, 0.717) is 5.41 Å². The highest BCUT2D eigenvalue weighted by Crippen LogP contribution is 2.35. The van der Waals surface area contributed by atoms with Crippen LogP contribution in [0.3, 0.4) is 0 Å². The van der Waals surface area contributed by atoms with Gasteiger partial charge in [-0.25, -0.2) is 0 Å². The summed E-state index contributed by atoms with van der Waals surface area (Å²) in [5, 5.41) is 3.53. The zero-order valence-electron chi connectivity index (χ0n) is 10.9. The van der Waals surface area contributed by atoms with Crippen LogP contribution in [0.15, 0.2) is 16.6 Å². The molecule has 2 heteroatoms. The second-order valence-electron chi connectivity index (χ2n) is 4.95. The van der Waals surface area contributed by atoms with E-state index in [2.05, 4.69) is 54.2 Å². The van der Waals surface area contributed by atoms with E-state index in [1.54, 1.807) is 0 Å². The van der Waals surface area contributed by atoms with Crippen LogP contribution in [0.1, 0.15) is 38.8 Å². The van der Waals surface area contributed by atoms with Gasteiger partial charge in [-0.05, 0) is 42.0 Å². The van der Waals surface area contributed by atoms with Gasteiger partial charge in [-0.1, -0.05) is 43.6 Å². The Bertz CT molecular complexity index is 369. The molecule has 1 aliphatic rings. The van der Waals surface area contributed by atoms with E-state index in [1.807, 2.05) is 13.8 Å². The number of hydrogen-bond acceptors (Lipinski definition) is 1. The third-order valence-electron chi connectivity index (χ3n) is 2.79. The van der Waals surface area contributed by atoms with Gasteiger partial charge in [-0.15, -0.1) is 0 Å². The van der Waals surface area contributed by atoms with Crippen molar-refractivity contribution in [3.8, 4) is 0 Å². The number of aryl methyl sites for hydroxylation is 1. The SMILES string of the molecule is CC.Cc1cc(Br)cc2c1NCC(C)(C)C2. The van der Waals surface area contributed by atoms with Crippen LogP contribution in [0.25, 0.3) is 0 Å². The Kier molecular flexibility index (Phi) is 4.43. The molecule has 0 unspecified atom stereocenters. The van der Waals surface area contributed by atoms with Gasteiger partial charge < -0.3 is 5.32 Å². The fraction of sp³-hybridized carbons (Fsp3) is 0.571. The molecule has 0 saturated heterocycles. The molecule has 0 fully saturated rings. The molecule has 0 aliphatic carbocycles. The maximum Gasteiger partial charge on any atom is 0.0403 e. The van der Waals surface area contributed by atoms with Crippen LogP contribution in [0.5, 0.6) is 0 Å². The van der Waals surface area contributed by atoms with Gasteiger partial charge >= 0.3 is 0 Å². The highest BCUT2D eigenvalue weighted by Gasteiger charge is 2.25. The second kappa shape index (κ2) is 5.22. The molecule has 0 saturated carbocycles. The number of nitrogens with one attached hydrogen (secondary N) is 1. The van der Waals surface area contributed by atoms with Crippen LogP contribution >= 0.6 is 15.9 Å². The molecule has 2 rings (SSSR count). The van der Waals surface area contributed by atoms with Crippen LogP contribution in [0, 0.1) is 12.3 Å². The summed E-state index contributed by atoms with van der Waals surface area (Å²) >= 11 is 3.55. The Morgan fingerprint density at radius 2 is 1.88 bits per heavy atom. The second-order valence-corrected chi connectivity index (χ2v) is 5.87. The van der Waals surface area contributed by atoms with Crippen LogP contribution in [0.2, 0.25) is 0 Å². The normalized spacial score (nSPS) is 16.6. The molecule has 1 aromatic rings. The highest BCUT2D eigenvalue weighted by molar-refractivity contribution is 9.10. The molecule has 1 aliphatic heterocycles. The van der Waals surface area contributed by atoms with Gasteiger partial charge in [0.15, 0.2) is 0 Å². The first-order chi connectivity index (χ1) is 7.48. The third kappa shape index (κ3) is 3.00. The van der Waals surface area contributed by atoms with Gasteiger partial charge in [0.05, 0.1) is 0 Å². The minimum absolute atomic E-state index is 0.375. The maximum atomic E-state index is 3.55. The lowest BCUT2D eigenvalue weighted by molar-refractivity contribution is 0.379. The molecule has 0 aromatic heterocycles. The summed E-state index contributed by atoms with van der Waals surface area (Å²) in [4.78, 5) is 0. The monoisotopic (exact) mass is 283 g/mol. The van der Waals surface area contributed by atoms with Gasteiger partial charge in [0.25, 0.3) is 0 Å². The molecule has 90 valence electrons.